The van der Waals surface area contributed by atoms with Gasteiger partial charge in [0.2, 0.25) is 0 Å². The Morgan fingerprint density at radius 1 is 1.00 bits per heavy atom. The maximum absolute atomic E-state index is 12.3. The molecule has 0 fully saturated rings. The van der Waals surface area contributed by atoms with Crippen molar-refractivity contribution in [3.05, 3.63) is 29.3 Å². The van der Waals surface area contributed by atoms with Gasteiger partial charge in [-0.2, -0.15) is 13.2 Å². The molecule has 29 heavy (non-hydrogen) atoms. The number of nitrogens with two attached hydrogens (primary N) is 1. The van der Waals surface area contributed by atoms with Gasteiger partial charge in [-0.3, -0.25) is 0 Å². The van der Waals surface area contributed by atoms with Crippen molar-refractivity contribution in [2.45, 2.75) is 90.3 Å². The minimum Gasteiger partial charge on any atom is -0.493 e. The number of aliphatic hydroxyl groups is 1. The number of hydrogen-bond donors (Lipinski definition) is 2. The monoisotopic (exact) mass is 418 g/mol. The molecule has 168 valence electrons. The third-order valence-electron chi connectivity index (χ3n) is 6.09. The molecule has 1 rings (SSSR count). The van der Waals surface area contributed by atoms with Crippen LogP contribution in [0.25, 0.3) is 0 Å². The first-order chi connectivity index (χ1) is 13.3. The molecule has 0 radical (unpaired) electrons. The topological polar surface area (TPSA) is 46.1 Å². The van der Waals surface area contributed by atoms with Gasteiger partial charge in [-0.05, 0) is 48.1 Å². The second-order valence-corrected chi connectivity index (χ2v) is 9.11. The highest BCUT2D eigenvalue weighted by atomic mass is 19.4. The number of alkyl halides is 3. The summed E-state index contributed by atoms with van der Waals surface area (Å²) < 4.78 is 42.9. The van der Waals surface area contributed by atoms with Crippen molar-refractivity contribution in [1.29, 1.82) is 0 Å². The summed E-state index contributed by atoms with van der Waals surface area (Å²) >= 11 is 0. The highest BCUT2D eigenvalue weighted by molar-refractivity contribution is 5.44. The zero-order valence-corrected chi connectivity index (χ0v) is 18.8. The summed E-state index contributed by atoms with van der Waals surface area (Å²) in [5, 5.41) is 10.5. The Morgan fingerprint density at radius 3 is 2.17 bits per heavy atom. The number of benzene rings is 1. The Morgan fingerprint density at radius 2 is 1.62 bits per heavy atom. The smallest absolute Gasteiger partial charge is 0.419 e. The van der Waals surface area contributed by atoms with E-state index in [4.69, 9.17) is 9.84 Å². The highest BCUT2D eigenvalue weighted by Gasteiger charge is 2.39. The minimum atomic E-state index is -4.54. The van der Waals surface area contributed by atoms with Crippen LogP contribution in [-0.4, -0.2) is 37.1 Å². The van der Waals surface area contributed by atoms with Crippen LogP contribution in [0, 0.1) is 0 Å². The maximum atomic E-state index is 12.3. The molecule has 1 atom stereocenters. The van der Waals surface area contributed by atoms with Crippen molar-refractivity contribution in [3.8, 4) is 5.75 Å². The number of halogens is 3. The standard InChI is InChI=1S/C23H38F3NO2/c1-7-21(3,4)17-11-12-19(18(15-17)22(5,6)8-2)29-14-10-9-13-27-16-20(28)23(24,25)26/h11-12,15,20,27-28H,7-10,13-14,16H2,1-6H3/p+1/t20-/m1/s1. The average molecular weight is 419 g/mol. The number of hydrogen-bond acceptors (Lipinski definition) is 2. The molecular weight excluding hydrogens is 379 g/mol. The van der Waals surface area contributed by atoms with Crippen LogP contribution >= 0.6 is 0 Å². The molecule has 0 aliphatic carbocycles. The van der Waals surface area contributed by atoms with Gasteiger partial charge in [0.25, 0.3) is 0 Å². The van der Waals surface area contributed by atoms with Crippen LogP contribution < -0.4 is 10.1 Å². The van der Waals surface area contributed by atoms with E-state index in [-0.39, 0.29) is 17.4 Å². The van der Waals surface area contributed by atoms with E-state index in [1.165, 1.54) is 16.4 Å². The molecule has 0 saturated heterocycles. The molecule has 0 aromatic heterocycles. The van der Waals surface area contributed by atoms with E-state index in [0.717, 1.165) is 31.4 Å². The Bertz CT molecular complexity index is 627. The molecule has 0 unspecified atom stereocenters. The first kappa shape index (κ1) is 25.8. The Balaban J connectivity index is 2.63. The zero-order chi connectivity index (χ0) is 22.3. The number of rotatable bonds is 12. The molecule has 3 N–H and O–H groups in total. The van der Waals surface area contributed by atoms with Crippen molar-refractivity contribution in [1.82, 2.24) is 0 Å². The van der Waals surface area contributed by atoms with Crippen molar-refractivity contribution >= 4 is 0 Å². The van der Waals surface area contributed by atoms with Crippen LogP contribution in [0.1, 0.15) is 78.4 Å². The summed E-state index contributed by atoms with van der Waals surface area (Å²) in [4.78, 5) is 0. The molecule has 0 spiro atoms. The van der Waals surface area contributed by atoms with Gasteiger partial charge >= 0.3 is 6.18 Å². The van der Waals surface area contributed by atoms with E-state index in [0.29, 0.717) is 13.2 Å². The fraction of sp³-hybridized carbons (Fsp3) is 0.739. The lowest BCUT2D eigenvalue weighted by Gasteiger charge is -2.30. The molecule has 0 saturated carbocycles. The van der Waals surface area contributed by atoms with Crippen molar-refractivity contribution in [2.24, 2.45) is 0 Å². The van der Waals surface area contributed by atoms with E-state index >= 15 is 0 Å². The predicted octanol–water partition coefficient (Wildman–Crippen LogP) is 4.71. The molecule has 0 aliphatic rings. The maximum Gasteiger partial charge on any atom is 0.419 e. The second kappa shape index (κ2) is 10.7. The summed E-state index contributed by atoms with van der Waals surface area (Å²) in [5.41, 5.74) is 2.62. The summed E-state index contributed by atoms with van der Waals surface area (Å²) in [6, 6.07) is 6.47. The van der Waals surface area contributed by atoms with Gasteiger partial charge in [0, 0.05) is 5.56 Å². The molecule has 0 amide bonds. The molecule has 3 nitrogen and oxygen atoms in total. The molecule has 0 aliphatic heterocycles. The first-order valence-corrected chi connectivity index (χ1v) is 10.7. The van der Waals surface area contributed by atoms with Gasteiger partial charge in [-0.25, -0.2) is 0 Å². The van der Waals surface area contributed by atoms with Gasteiger partial charge in [-0.1, -0.05) is 53.7 Å². The highest BCUT2D eigenvalue weighted by Crippen LogP contribution is 2.38. The van der Waals surface area contributed by atoms with E-state index in [9.17, 15) is 13.2 Å². The molecule has 0 heterocycles. The van der Waals surface area contributed by atoms with Crippen molar-refractivity contribution in [3.63, 3.8) is 0 Å². The predicted molar refractivity (Wildman–Crippen MR) is 112 cm³/mol. The van der Waals surface area contributed by atoms with E-state index in [1.54, 1.807) is 0 Å². The van der Waals surface area contributed by atoms with Gasteiger partial charge in [0.05, 0.1) is 13.2 Å². The van der Waals surface area contributed by atoms with Crippen LogP contribution in [0.15, 0.2) is 18.2 Å². The van der Waals surface area contributed by atoms with E-state index in [1.807, 2.05) is 0 Å². The summed E-state index contributed by atoms with van der Waals surface area (Å²) in [5.74, 6) is 0.893. The Kier molecular flexibility index (Phi) is 9.48. The van der Waals surface area contributed by atoms with Gasteiger partial charge in [-0.15, -0.1) is 0 Å². The lowest BCUT2D eigenvalue weighted by atomic mass is 9.76. The molecule has 1 aromatic carbocycles. The van der Waals surface area contributed by atoms with Gasteiger partial charge in [0.15, 0.2) is 6.10 Å². The lowest BCUT2D eigenvalue weighted by Crippen LogP contribution is -2.87. The first-order valence-electron chi connectivity index (χ1n) is 10.7. The summed E-state index contributed by atoms with van der Waals surface area (Å²) in [7, 11) is 0. The molecule has 1 aromatic rings. The molecule has 0 bridgehead atoms. The Hall–Kier alpha value is -1.27. The third-order valence-corrected chi connectivity index (χ3v) is 6.09. The minimum absolute atomic E-state index is 0.00330. The number of ether oxygens (including phenoxy) is 1. The van der Waals surface area contributed by atoms with Crippen LogP contribution in [0.2, 0.25) is 0 Å². The largest absolute Gasteiger partial charge is 0.493 e. The molecular formula is C23H39F3NO2+. The third kappa shape index (κ3) is 7.82. The summed E-state index contributed by atoms with van der Waals surface area (Å²) in [6.45, 7) is 14.0. The quantitative estimate of drug-likeness (QED) is 0.483. The SMILES string of the molecule is CCC(C)(C)c1ccc(OCCCC[NH2+]C[C@@H](O)C(F)(F)F)c(C(C)(C)CC)c1. The van der Waals surface area contributed by atoms with E-state index < -0.39 is 12.3 Å². The van der Waals surface area contributed by atoms with Crippen LogP contribution in [0.4, 0.5) is 13.2 Å². The fourth-order valence-electron chi connectivity index (χ4n) is 2.98. The van der Waals surface area contributed by atoms with Crippen LogP contribution in [0.3, 0.4) is 0 Å². The number of aliphatic hydroxyl groups excluding tert-OH is 1. The van der Waals surface area contributed by atoms with Crippen LogP contribution in [0.5, 0.6) is 5.75 Å². The normalized spacial score (nSPS) is 14.1. The van der Waals surface area contributed by atoms with Crippen molar-refractivity contribution in [2.75, 3.05) is 19.7 Å². The van der Waals surface area contributed by atoms with Crippen LogP contribution in [-0.2, 0) is 10.8 Å². The second-order valence-electron chi connectivity index (χ2n) is 9.11. The number of quaternary nitrogens is 1. The lowest BCUT2D eigenvalue weighted by molar-refractivity contribution is -0.665. The molecule has 6 heteroatoms. The summed E-state index contributed by atoms with van der Waals surface area (Å²) in [6.07, 6.45) is -3.26. The van der Waals surface area contributed by atoms with Crippen molar-refractivity contribution < 1.29 is 28.3 Å². The fourth-order valence-corrected chi connectivity index (χ4v) is 2.98. The van der Waals surface area contributed by atoms with Gasteiger partial charge < -0.3 is 15.2 Å². The number of unbranched alkanes of at least 4 members (excludes halogenated alkanes) is 1. The zero-order valence-electron chi connectivity index (χ0n) is 18.8. The Labute approximate surface area is 174 Å². The van der Waals surface area contributed by atoms with Gasteiger partial charge in [0.1, 0.15) is 12.3 Å². The van der Waals surface area contributed by atoms with E-state index in [2.05, 4.69) is 59.7 Å². The average Bonchev–Trinajstić information content (AvgIpc) is 2.66.